The lowest BCUT2D eigenvalue weighted by Gasteiger charge is -2.19. The number of hydrogen-bond acceptors (Lipinski definition) is 3. The Morgan fingerprint density at radius 1 is 1.39 bits per heavy atom. The van der Waals surface area contributed by atoms with Gasteiger partial charge in [0.2, 0.25) is 5.91 Å². The predicted molar refractivity (Wildman–Crippen MR) is 70.7 cm³/mol. The highest BCUT2D eigenvalue weighted by Crippen LogP contribution is 2.29. The van der Waals surface area contributed by atoms with Crippen LogP contribution in [0.15, 0.2) is 22.7 Å². The molecule has 5 nitrogen and oxygen atoms in total. The first kappa shape index (κ1) is 14.5. The first-order valence-corrected chi connectivity index (χ1v) is 5.96. The Labute approximate surface area is 113 Å². The van der Waals surface area contributed by atoms with Crippen LogP contribution in [0.1, 0.15) is 13.8 Å². The van der Waals surface area contributed by atoms with E-state index in [9.17, 15) is 9.59 Å². The Morgan fingerprint density at radius 3 is 2.50 bits per heavy atom. The van der Waals surface area contributed by atoms with Gasteiger partial charge >= 0.3 is 5.97 Å². The molecule has 1 rings (SSSR count). The topological polar surface area (TPSA) is 75.6 Å². The third-order valence-electron chi connectivity index (χ3n) is 2.51. The normalized spacial score (nSPS) is 10.9. The van der Waals surface area contributed by atoms with Crippen LogP contribution in [0.5, 0.6) is 5.75 Å². The van der Waals surface area contributed by atoms with Crippen molar-refractivity contribution in [3.63, 3.8) is 0 Å². The highest BCUT2D eigenvalue weighted by Gasteiger charge is 2.36. The summed E-state index contributed by atoms with van der Waals surface area (Å²) in [6.45, 7) is 2.68. The van der Waals surface area contributed by atoms with Crippen molar-refractivity contribution in [2.75, 3.05) is 12.4 Å². The van der Waals surface area contributed by atoms with Gasteiger partial charge in [0.25, 0.3) is 0 Å². The molecule has 0 heterocycles. The SMILES string of the molecule is COc1ccc(Br)cc1NC(=O)C(C)(C)C(=O)O. The molecule has 1 aromatic carbocycles. The monoisotopic (exact) mass is 315 g/mol. The number of nitrogens with one attached hydrogen (secondary N) is 1. The van der Waals surface area contributed by atoms with Crippen LogP contribution in [0.3, 0.4) is 0 Å². The number of carbonyl (C=O) groups excluding carboxylic acids is 1. The van der Waals surface area contributed by atoms with E-state index in [2.05, 4.69) is 21.2 Å². The van der Waals surface area contributed by atoms with Gasteiger partial charge in [-0.3, -0.25) is 9.59 Å². The smallest absolute Gasteiger partial charge is 0.318 e. The van der Waals surface area contributed by atoms with Crippen molar-refractivity contribution in [3.8, 4) is 5.75 Å². The molecule has 0 aliphatic heterocycles. The standard InChI is InChI=1S/C12H14BrNO4/c1-12(2,11(16)17)10(15)14-8-6-7(13)4-5-9(8)18-3/h4-6H,1-3H3,(H,14,15)(H,16,17). The Hall–Kier alpha value is -1.56. The molecule has 98 valence electrons. The Kier molecular flexibility index (Phi) is 4.34. The Bertz CT molecular complexity index is 485. The number of benzene rings is 1. The zero-order valence-electron chi connectivity index (χ0n) is 10.3. The summed E-state index contributed by atoms with van der Waals surface area (Å²) in [5, 5.41) is 11.5. The molecular formula is C12H14BrNO4. The van der Waals surface area contributed by atoms with Crippen LogP contribution in [-0.4, -0.2) is 24.1 Å². The summed E-state index contributed by atoms with van der Waals surface area (Å²) >= 11 is 3.27. The average Bonchev–Trinajstić information content (AvgIpc) is 2.29. The molecule has 0 saturated heterocycles. The number of carboxylic acids is 1. The molecule has 0 spiro atoms. The molecule has 0 aromatic heterocycles. The molecule has 1 amide bonds. The van der Waals surface area contributed by atoms with Gasteiger partial charge in [-0.05, 0) is 32.0 Å². The average molecular weight is 316 g/mol. The number of anilines is 1. The van der Waals surface area contributed by atoms with Gasteiger partial charge in [0.05, 0.1) is 12.8 Å². The molecule has 2 N–H and O–H groups in total. The van der Waals surface area contributed by atoms with Crippen LogP contribution < -0.4 is 10.1 Å². The van der Waals surface area contributed by atoms with Gasteiger partial charge < -0.3 is 15.2 Å². The fourth-order valence-electron chi connectivity index (χ4n) is 1.15. The van der Waals surface area contributed by atoms with Crippen LogP contribution in [0.2, 0.25) is 0 Å². The number of carboxylic acid groups (broad SMARTS) is 1. The molecule has 0 saturated carbocycles. The molecule has 0 atom stereocenters. The number of methoxy groups -OCH3 is 1. The number of carbonyl (C=O) groups is 2. The van der Waals surface area contributed by atoms with E-state index in [-0.39, 0.29) is 0 Å². The second kappa shape index (κ2) is 5.39. The van der Waals surface area contributed by atoms with Gasteiger partial charge in [-0.2, -0.15) is 0 Å². The minimum absolute atomic E-state index is 0.422. The summed E-state index contributed by atoms with van der Waals surface area (Å²) in [7, 11) is 1.47. The van der Waals surface area contributed by atoms with Crippen molar-refractivity contribution < 1.29 is 19.4 Å². The second-order valence-electron chi connectivity index (χ2n) is 4.23. The molecule has 0 unspecified atom stereocenters. The van der Waals surface area contributed by atoms with E-state index in [1.54, 1.807) is 18.2 Å². The van der Waals surface area contributed by atoms with Gasteiger partial charge in [-0.1, -0.05) is 15.9 Å². The van der Waals surface area contributed by atoms with Crippen molar-refractivity contribution in [2.24, 2.45) is 5.41 Å². The molecule has 18 heavy (non-hydrogen) atoms. The van der Waals surface area contributed by atoms with E-state index in [4.69, 9.17) is 9.84 Å². The summed E-state index contributed by atoms with van der Waals surface area (Å²) < 4.78 is 5.85. The molecule has 0 fully saturated rings. The van der Waals surface area contributed by atoms with Gasteiger partial charge in [-0.25, -0.2) is 0 Å². The van der Waals surface area contributed by atoms with Crippen molar-refractivity contribution in [1.82, 2.24) is 0 Å². The fraction of sp³-hybridized carbons (Fsp3) is 0.333. The van der Waals surface area contributed by atoms with Gasteiger partial charge in [0, 0.05) is 4.47 Å². The van der Waals surface area contributed by atoms with Gasteiger partial charge in [0.1, 0.15) is 11.2 Å². The zero-order chi connectivity index (χ0) is 13.9. The van der Waals surface area contributed by atoms with E-state index in [1.165, 1.54) is 21.0 Å². The van der Waals surface area contributed by atoms with Crippen molar-refractivity contribution in [1.29, 1.82) is 0 Å². The second-order valence-corrected chi connectivity index (χ2v) is 5.14. The van der Waals surface area contributed by atoms with Crippen molar-refractivity contribution in [2.45, 2.75) is 13.8 Å². The first-order valence-electron chi connectivity index (χ1n) is 5.17. The molecule has 6 heteroatoms. The molecular weight excluding hydrogens is 302 g/mol. The van der Waals surface area contributed by atoms with Gasteiger partial charge in [0.15, 0.2) is 0 Å². The number of ether oxygens (including phenoxy) is 1. The number of aliphatic carboxylic acids is 1. The molecule has 0 radical (unpaired) electrons. The third-order valence-corrected chi connectivity index (χ3v) is 3.01. The van der Waals surface area contributed by atoms with E-state index in [1.807, 2.05) is 0 Å². The van der Waals surface area contributed by atoms with Gasteiger partial charge in [-0.15, -0.1) is 0 Å². The summed E-state index contributed by atoms with van der Waals surface area (Å²) in [5.41, 5.74) is -1.08. The van der Waals surface area contributed by atoms with Crippen LogP contribution >= 0.6 is 15.9 Å². The number of halogens is 1. The lowest BCUT2D eigenvalue weighted by molar-refractivity contribution is -0.151. The largest absolute Gasteiger partial charge is 0.495 e. The van der Waals surface area contributed by atoms with Crippen LogP contribution in [0.4, 0.5) is 5.69 Å². The number of hydrogen-bond donors (Lipinski definition) is 2. The molecule has 0 aliphatic rings. The minimum atomic E-state index is -1.51. The van der Waals surface area contributed by atoms with Crippen LogP contribution in [-0.2, 0) is 9.59 Å². The summed E-state index contributed by atoms with van der Waals surface area (Å²) in [6.07, 6.45) is 0. The third kappa shape index (κ3) is 3.01. The van der Waals surface area contributed by atoms with Crippen LogP contribution in [0.25, 0.3) is 0 Å². The summed E-state index contributed by atoms with van der Waals surface area (Å²) in [5.74, 6) is -1.33. The zero-order valence-corrected chi connectivity index (χ0v) is 11.9. The summed E-state index contributed by atoms with van der Waals surface area (Å²) in [4.78, 5) is 22.9. The van der Waals surface area contributed by atoms with Crippen LogP contribution in [0, 0.1) is 5.41 Å². The fourth-order valence-corrected chi connectivity index (χ4v) is 1.51. The Balaban J connectivity index is 3.01. The Morgan fingerprint density at radius 2 is 2.00 bits per heavy atom. The molecule has 0 bridgehead atoms. The highest BCUT2D eigenvalue weighted by molar-refractivity contribution is 9.10. The predicted octanol–water partition coefficient (Wildman–Crippen LogP) is 2.51. The lowest BCUT2D eigenvalue weighted by atomic mass is 9.92. The maximum atomic E-state index is 11.9. The maximum absolute atomic E-state index is 11.9. The van der Waals surface area contributed by atoms with E-state index in [0.717, 1.165) is 4.47 Å². The molecule has 0 aliphatic carbocycles. The van der Waals surface area contributed by atoms with E-state index in [0.29, 0.717) is 11.4 Å². The van der Waals surface area contributed by atoms with E-state index >= 15 is 0 Å². The first-order chi connectivity index (χ1) is 8.28. The maximum Gasteiger partial charge on any atom is 0.318 e. The summed E-state index contributed by atoms with van der Waals surface area (Å²) in [6, 6.07) is 5.08. The lowest BCUT2D eigenvalue weighted by Crippen LogP contribution is -2.37. The minimum Gasteiger partial charge on any atom is -0.495 e. The highest BCUT2D eigenvalue weighted by atomic mass is 79.9. The number of amides is 1. The quantitative estimate of drug-likeness (QED) is 0.837. The van der Waals surface area contributed by atoms with Crippen molar-refractivity contribution in [3.05, 3.63) is 22.7 Å². The van der Waals surface area contributed by atoms with Crippen molar-refractivity contribution >= 4 is 33.5 Å². The number of rotatable bonds is 4. The van der Waals surface area contributed by atoms with E-state index < -0.39 is 17.3 Å². The molecule has 1 aromatic rings.